The van der Waals surface area contributed by atoms with E-state index in [2.05, 4.69) is 6.07 Å². The fraction of sp³-hybridized carbons (Fsp3) is 0.0968. The van der Waals surface area contributed by atoms with E-state index in [1.807, 2.05) is 48.5 Å². The molecule has 0 amide bonds. The zero-order chi connectivity index (χ0) is 27.4. The van der Waals surface area contributed by atoms with Crippen molar-refractivity contribution in [2.75, 3.05) is 7.11 Å². The number of nitrogens with two attached hydrogens (primary N) is 1. The summed E-state index contributed by atoms with van der Waals surface area (Å²) in [5, 5.41) is 10.5. The summed E-state index contributed by atoms with van der Waals surface area (Å²) >= 11 is 6.26. The molecule has 0 fully saturated rings. The van der Waals surface area contributed by atoms with Crippen molar-refractivity contribution in [2.45, 2.75) is 12.5 Å². The summed E-state index contributed by atoms with van der Waals surface area (Å²) in [6, 6.07) is 28.8. The number of nitrogens with zero attached hydrogens (tertiary/aromatic N) is 1. The van der Waals surface area contributed by atoms with Gasteiger partial charge in [0.2, 0.25) is 5.88 Å². The van der Waals surface area contributed by atoms with Crippen LogP contribution < -0.4 is 24.7 Å². The molecule has 4 aromatic rings. The number of carbonyl (C=O) groups is 1. The molecule has 0 saturated carbocycles. The number of fused-ring (bicyclic) bond motifs is 1. The third-order valence-electron chi connectivity index (χ3n) is 6.27. The summed E-state index contributed by atoms with van der Waals surface area (Å²) in [7, 11) is 1.48. The molecule has 194 valence electrons. The summed E-state index contributed by atoms with van der Waals surface area (Å²) < 4.78 is 22.6. The normalized spacial score (nSPS) is 14.0. The van der Waals surface area contributed by atoms with Gasteiger partial charge in [-0.1, -0.05) is 60.1 Å². The SMILES string of the molecule is COc1ccccc1C(=O)Oc1ccc2c(c1)OC(N)=C(C#N)C2c1cccc(OCc2ccccc2Cl)c1. The Hall–Kier alpha value is -4.93. The van der Waals surface area contributed by atoms with Gasteiger partial charge in [-0.15, -0.1) is 0 Å². The van der Waals surface area contributed by atoms with Crippen LogP contribution in [0.5, 0.6) is 23.0 Å². The number of methoxy groups -OCH3 is 1. The second kappa shape index (κ2) is 11.2. The number of allylic oxidation sites excluding steroid dienone is 1. The minimum atomic E-state index is -0.579. The van der Waals surface area contributed by atoms with Crippen molar-refractivity contribution in [1.82, 2.24) is 0 Å². The maximum Gasteiger partial charge on any atom is 0.347 e. The van der Waals surface area contributed by atoms with Crippen LogP contribution in [0.15, 0.2) is 102 Å². The predicted molar refractivity (Wildman–Crippen MR) is 146 cm³/mol. The molecular formula is C31H23ClN2O5. The molecule has 1 unspecified atom stereocenters. The van der Waals surface area contributed by atoms with Gasteiger partial charge in [-0.25, -0.2) is 4.79 Å². The van der Waals surface area contributed by atoms with Gasteiger partial charge in [0.1, 0.15) is 46.8 Å². The van der Waals surface area contributed by atoms with Crippen LogP contribution in [-0.2, 0) is 6.61 Å². The number of halogens is 1. The Labute approximate surface area is 230 Å². The average molecular weight is 539 g/mol. The van der Waals surface area contributed by atoms with Crippen LogP contribution in [0.25, 0.3) is 0 Å². The van der Waals surface area contributed by atoms with Crippen LogP contribution in [0.4, 0.5) is 0 Å². The molecule has 7 nitrogen and oxygen atoms in total. The maximum absolute atomic E-state index is 12.8. The minimum Gasteiger partial charge on any atom is -0.496 e. The summed E-state index contributed by atoms with van der Waals surface area (Å²) in [5.74, 6) is 0.534. The number of rotatable bonds is 7. The van der Waals surface area contributed by atoms with E-state index in [1.54, 1.807) is 42.5 Å². The standard InChI is InChI=1S/C31H23ClN2O5/c1-36-27-12-5-3-10-24(27)31(35)38-22-13-14-23-28(16-22)39-30(34)25(17-33)29(23)19-8-6-9-21(15-19)37-18-20-7-2-4-11-26(20)32/h2-16,29H,18,34H2,1H3. The highest BCUT2D eigenvalue weighted by atomic mass is 35.5. The van der Waals surface area contributed by atoms with Gasteiger partial charge in [0.25, 0.3) is 0 Å². The molecule has 1 heterocycles. The topological polar surface area (TPSA) is 104 Å². The molecule has 0 aliphatic carbocycles. The van der Waals surface area contributed by atoms with Gasteiger partial charge in [0.05, 0.1) is 13.0 Å². The quantitative estimate of drug-likeness (QED) is 0.215. The number of esters is 1. The largest absolute Gasteiger partial charge is 0.496 e. The first kappa shape index (κ1) is 25.7. The lowest BCUT2D eigenvalue weighted by molar-refractivity contribution is 0.0731. The smallest absolute Gasteiger partial charge is 0.347 e. The highest BCUT2D eigenvalue weighted by molar-refractivity contribution is 6.31. The third kappa shape index (κ3) is 5.37. The summed E-state index contributed by atoms with van der Waals surface area (Å²) in [6.45, 7) is 0.289. The second-order valence-corrected chi connectivity index (χ2v) is 9.07. The van der Waals surface area contributed by atoms with Gasteiger partial charge in [0, 0.05) is 22.2 Å². The van der Waals surface area contributed by atoms with Crippen LogP contribution in [-0.4, -0.2) is 13.1 Å². The van der Waals surface area contributed by atoms with Crippen molar-refractivity contribution < 1.29 is 23.7 Å². The van der Waals surface area contributed by atoms with E-state index in [-0.39, 0.29) is 29.4 Å². The Morgan fingerprint density at radius 1 is 1.00 bits per heavy atom. The van der Waals surface area contributed by atoms with E-state index in [4.69, 9.17) is 36.3 Å². The van der Waals surface area contributed by atoms with Crippen LogP contribution in [0.3, 0.4) is 0 Å². The molecule has 0 bridgehead atoms. The lowest BCUT2D eigenvalue weighted by atomic mass is 9.83. The minimum absolute atomic E-state index is 0.0226. The van der Waals surface area contributed by atoms with E-state index in [0.717, 1.165) is 11.1 Å². The molecule has 0 aromatic heterocycles. The van der Waals surface area contributed by atoms with E-state index in [9.17, 15) is 10.1 Å². The zero-order valence-corrected chi connectivity index (χ0v) is 21.6. The maximum atomic E-state index is 12.8. The van der Waals surface area contributed by atoms with E-state index >= 15 is 0 Å². The third-order valence-corrected chi connectivity index (χ3v) is 6.64. The molecule has 2 N–H and O–H groups in total. The van der Waals surface area contributed by atoms with E-state index in [0.29, 0.717) is 27.8 Å². The molecule has 4 aromatic carbocycles. The van der Waals surface area contributed by atoms with Gasteiger partial charge >= 0.3 is 5.97 Å². The molecule has 0 radical (unpaired) electrons. The zero-order valence-electron chi connectivity index (χ0n) is 20.9. The Bertz CT molecular complexity index is 1630. The lowest BCUT2D eigenvalue weighted by Crippen LogP contribution is -2.21. The number of ether oxygens (including phenoxy) is 4. The summed E-state index contributed by atoms with van der Waals surface area (Å²) in [4.78, 5) is 12.8. The van der Waals surface area contributed by atoms with Crippen LogP contribution in [0.1, 0.15) is 33.0 Å². The number of hydrogen-bond acceptors (Lipinski definition) is 7. The van der Waals surface area contributed by atoms with Crippen molar-refractivity contribution in [3.8, 4) is 29.1 Å². The molecular weight excluding hydrogens is 516 g/mol. The first-order chi connectivity index (χ1) is 19.0. The van der Waals surface area contributed by atoms with Crippen molar-refractivity contribution in [3.05, 3.63) is 130 Å². The van der Waals surface area contributed by atoms with Crippen molar-refractivity contribution in [3.63, 3.8) is 0 Å². The molecule has 0 spiro atoms. The van der Waals surface area contributed by atoms with Gasteiger partial charge < -0.3 is 24.7 Å². The Balaban J connectivity index is 1.43. The Morgan fingerprint density at radius 2 is 1.79 bits per heavy atom. The molecule has 8 heteroatoms. The first-order valence-electron chi connectivity index (χ1n) is 12.0. The molecule has 1 aliphatic heterocycles. The molecule has 1 atom stereocenters. The highest BCUT2D eigenvalue weighted by Crippen LogP contribution is 2.44. The molecule has 5 rings (SSSR count). The Kier molecular flexibility index (Phi) is 7.39. The van der Waals surface area contributed by atoms with Crippen LogP contribution in [0, 0.1) is 11.3 Å². The lowest BCUT2D eigenvalue weighted by Gasteiger charge is -2.27. The van der Waals surface area contributed by atoms with Crippen LogP contribution >= 0.6 is 11.6 Å². The summed E-state index contributed by atoms with van der Waals surface area (Å²) in [5.41, 5.74) is 9.06. The summed E-state index contributed by atoms with van der Waals surface area (Å²) in [6.07, 6.45) is 0. The fourth-order valence-electron chi connectivity index (χ4n) is 4.38. The van der Waals surface area contributed by atoms with Crippen molar-refractivity contribution in [1.29, 1.82) is 5.26 Å². The Morgan fingerprint density at radius 3 is 2.59 bits per heavy atom. The number of carbonyl (C=O) groups excluding carboxylic acids is 1. The van der Waals surface area contributed by atoms with Crippen molar-refractivity contribution >= 4 is 17.6 Å². The number of nitriles is 1. The highest BCUT2D eigenvalue weighted by Gasteiger charge is 2.31. The fourth-order valence-corrected chi connectivity index (χ4v) is 4.57. The monoisotopic (exact) mass is 538 g/mol. The predicted octanol–water partition coefficient (Wildman–Crippen LogP) is 6.36. The number of benzene rings is 4. The second-order valence-electron chi connectivity index (χ2n) is 8.67. The first-order valence-corrected chi connectivity index (χ1v) is 12.4. The van der Waals surface area contributed by atoms with E-state index in [1.165, 1.54) is 7.11 Å². The number of hydrogen-bond donors (Lipinski definition) is 1. The molecule has 1 aliphatic rings. The average Bonchev–Trinajstić information content (AvgIpc) is 2.96. The molecule has 0 saturated heterocycles. The van der Waals surface area contributed by atoms with Gasteiger partial charge in [0.15, 0.2) is 0 Å². The van der Waals surface area contributed by atoms with Gasteiger partial charge in [-0.3, -0.25) is 0 Å². The van der Waals surface area contributed by atoms with Gasteiger partial charge in [-0.05, 0) is 42.0 Å². The van der Waals surface area contributed by atoms with Gasteiger partial charge in [-0.2, -0.15) is 5.26 Å². The van der Waals surface area contributed by atoms with Crippen molar-refractivity contribution in [2.24, 2.45) is 5.73 Å². The van der Waals surface area contributed by atoms with E-state index < -0.39 is 11.9 Å². The number of para-hydroxylation sites is 1. The van der Waals surface area contributed by atoms with Crippen LogP contribution in [0.2, 0.25) is 5.02 Å². The molecule has 39 heavy (non-hydrogen) atoms.